The van der Waals surface area contributed by atoms with Gasteiger partial charge in [0.25, 0.3) is 5.91 Å². The van der Waals surface area contributed by atoms with Crippen LogP contribution < -0.4 is 15.0 Å². The Kier molecular flexibility index (Phi) is 5.33. The maximum Gasteiger partial charge on any atom is 0.262 e. The van der Waals surface area contributed by atoms with Crippen molar-refractivity contribution in [3.63, 3.8) is 0 Å². The number of ether oxygens (including phenoxy) is 1. The van der Waals surface area contributed by atoms with Crippen molar-refractivity contribution >= 4 is 39.1 Å². The molecule has 1 aliphatic rings. The van der Waals surface area contributed by atoms with Crippen LogP contribution in [-0.4, -0.2) is 25.0 Å². The summed E-state index contributed by atoms with van der Waals surface area (Å²) in [6, 6.07) is 11.4. The Labute approximate surface area is 152 Å². The second kappa shape index (κ2) is 7.65. The van der Waals surface area contributed by atoms with E-state index in [0.29, 0.717) is 16.6 Å². The van der Waals surface area contributed by atoms with Crippen LogP contribution in [0.1, 0.15) is 12.8 Å². The quantitative estimate of drug-likeness (QED) is 0.822. The molecular weight excluding hydrogens is 391 g/mol. The summed E-state index contributed by atoms with van der Waals surface area (Å²) in [6.45, 7) is 0.419. The molecule has 0 aliphatic carbocycles. The first-order valence-electron chi connectivity index (χ1n) is 7.81. The highest BCUT2D eigenvalue weighted by Gasteiger charge is 2.21. The van der Waals surface area contributed by atoms with E-state index >= 15 is 0 Å². The molecule has 2 aromatic carbocycles. The maximum atomic E-state index is 13.6. The number of anilines is 2. The van der Waals surface area contributed by atoms with E-state index in [0.717, 1.165) is 18.7 Å². The molecule has 0 saturated carbocycles. The molecule has 0 bridgehead atoms. The van der Waals surface area contributed by atoms with Crippen LogP contribution in [0.4, 0.5) is 15.8 Å². The van der Waals surface area contributed by atoms with Gasteiger partial charge in [-0.15, -0.1) is 0 Å². The number of benzene rings is 2. The molecule has 1 aliphatic heterocycles. The van der Waals surface area contributed by atoms with Gasteiger partial charge in [0.1, 0.15) is 0 Å². The van der Waals surface area contributed by atoms with E-state index in [1.165, 1.54) is 12.1 Å². The summed E-state index contributed by atoms with van der Waals surface area (Å²) in [5.74, 6) is -0.808. The van der Waals surface area contributed by atoms with Gasteiger partial charge in [-0.25, -0.2) is 4.39 Å². The number of nitrogens with zero attached hydrogens (tertiary/aromatic N) is 1. The molecule has 0 aromatic heterocycles. The van der Waals surface area contributed by atoms with E-state index in [9.17, 15) is 14.0 Å². The first-order chi connectivity index (χ1) is 12.0. The smallest absolute Gasteiger partial charge is 0.262 e. The second-order valence-electron chi connectivity index (χ2n) is 5.61. The molecule has 2 amide bonds. The van der Waals surface area contributed by atoms with Crippen molar-refractivity contribution < 1.29 is 18.7 Å². The van der Waals surface area contributed by atoms with Gasteiger partial charge in [-0.2, -0.15) is 0 Å². The minimum absolute atomic E-state index is 0.0150. The Hall–Kier alpha value is -2.41. The number of rotatable bonds is 5. The summed E-state index contributed by atoms with van der Waals surface area (Å²) >= 11 is 3.16. The zero-order chi connectivity index (χ0) is 17.8. The molecule has 1 heterocycles. The third kappa shape index (κ3) is 4.36. The van der Waals surface area contributed by atoms with Crippen LogP contribution in [-0.2, 0) is 9.59 Å². The number of carbonyl (C=O) groups is 2. The van der Waals surface area contributed by atoms with Gasteiger partial charge in [0.05, 0.1) is 0 Å². The largest absolute Gasteiger partial charge is 0.481 e. The van der Waals surface area contributed by atoms with Crippen LogP contribution in [0, 0.1) is 5.82 Å². The van der Waals surface area contributed by atoms with Gasteiger partial charge in [0, 0.05) is 28.8 Å². The van der Waals surface area contributed by atoms with E-state index in [1.807, 2.05) is 0 Å². The van der Waals surface area contributed by atoms with Gasteiger partial charge in [-0.1, -0.05) is 15.9 Å². The lowest BCUT2D eigenvalue weighted by atomic mass is 10.2. The van der Waals surface area contributed by atoms with E-state index < -0.39 is 11.7 Å². The van der Waals surface area contributed by atoms with Gasteiger partial charge < -0.3 is 15.0 Å². The van der Waals surface area contributed by atoms with E-state index in [4.69, 9.17) is 4.74 Å². The van der Waals surface area contributed by atoms with Crippen molar-refractivity contribution in [2.24, 2.45) is 0 Å². The van der Waals surface area contributed by atoms with Crippen LogP contribution in [0.5, 0.6) is 5.75 Å². The first kappa shape index (κ1) is 17.4. The molecule has 25 heavy (non-hydrogen) atoms. The van der Waals surface area contributed by atoms with Crippen molar-refractivity contribution in [2.75, 3.05) is 23.4 Å². The fourth-order valence-electron chi connectivity index (χ4n) is 2.58. The van der Waals surface area contributed by atoms with Crippen molar-refractivity contribution in [1.29, 1.82) is 0 Å². The summed E-state index contributed by atoms with van der Waals surface area (Å²) in [5.41, 5.74) is 1.40. The number of carbonyl (C=O) groups excluding carboxylic acids is 2. The second-order valence-corrected chi connectivity index (χ2v) is 6.52. The highest BCUT2D eigenvalue weighted by molar-refractivity contribution is 9.10. The van der Waals surface area contributed by atoms with Crippen molar-refractivity contribution in [1.82, 2.24) is 0 Å². The van der Waals surface area contributed by atoms with Crippen molar-refractivity contribution in [3.8, 4) is 5.75 Å². The number of halogens is 2. The van der Waals surface area contributed by atoms with Crippen LogP contribution in [0.2, 0.25) is 0 Å². The van der Waals surface area contributed by atoms with E-state index in [1.54, 1.807) is 35.2 Å². The molecule has 0 atom stereocenters. The minimum Gasteiger partial charge on any atom is -0.481 e. The van der Waals surface area contributed by atoms with E-state index in [-0.39, 0.29) is 18.3 Å². The molecule has 2 aromatic rings. The molecule has 5 nitrogen and oxygen atoms in total. The molecule has 7 heteroatoms. The topological polar surface area (TPSA) is 58.6 Å². The highest BCUT2D eigenvalue weighted by Crippen LogP contribution is 2.23. The molecule has 0 radical (unpaired) electrons. The Bertz CT molecular complexity index is 795. The lowest BCUT2D eigenvalue weighted by Gasteiger charge is -2.16. The molecule has 1 N–H and O–H groups in total. The minimum atomic E-state index is -0.540. The molecule has 1 saturated heterocycles. The average molecular weight is 407 g/mol. The van der Waals surface area contributed by atoms with Crippen molar-refractivity contribution in [3.05, 3.63) is 52.8 Å². The predicted octanol–water partition coefficient (Wildman–Crippen LogP) is 3.73. The summed E-state index contributed by atoms with van der Waals surface area (Å²) in [4.78, 5) is 25.4. The molecule has 0 unspecified atom stereocenters. The predicted molar refractivity (Wildman–Crippen MR) is 96.3 cm³/mol. The lowest BCUT2D eigenvalue weighted by Crippen LogP contribution is -2.23. The van der Waals surface area contributed by atoms with Crippen molar-refractivity contribution in [2.45, 2.75) is 12.8 Å². The molecule has 1 fully saturated rings. The number of amides is 2. The summed E-state index contributed by atoms with van der Waals surface area (Å²) in [7, 11) is 0. The Morgan fingerprint density at radius 2 is 2.00 bits per heavy atom. The molecular formula is C18H16BrFN2O3. The van der Waals surface area contributed by atoms with Gasteiger partial charge in [0.15, 0.2) is 18.2 Å². The standard InChI is InChI=1S/C18H16BrFN2O3/c19-12-3-8-16(15(20)10-12)25-11-17(23)21-13-4-6-14(7-5-13)22-9-1-2-18(22)24/h3-8,10H,1-2,9,11H2,(H,21,23). The SMILES string of the molecule is O=C(COc1ccc(Br)cc1F)Nc1ccc(N2CCCC2=O)cc1. The molecule has 0 spiro atoms. The third-order valence-corrected chi connectivity index (χ3v) is 4.28. The fourth-order valence-corrected chi connectivity index (χ4v) is 2.91. The Morgan fingerprint density at radius 3 is 2.64 bits per heavy atom. The average Bonchev–Trinajstić information content (AvgIpc) is 3.01. The zero-order valence-corrected chi connectivity index (χ0v) is 14.9. The lowest BCUT2D eigenvalue weighted by molar-refractivity contribution is -0.118. The van der Waals surface area contributed by atoms with Gasteiger partial charge in [0.2, 0.25) is 5.91 Å². The molecule has 130 valence electrons. The first-order valence-corrected chi connectivity index (χ1v) is 8.60. The zero-order valence-electron chi connectivity index (χ0n) is 13.3. The fraction of sp³-hybridized carbons (Fsp3) is 0.222. The maximum absolute atomic E-state index is 13.6. The number of hydrogen-bond acceptors (Lipinski definition) is 3. The normalized spacial score (nSPS) is 13.8. The van der Waals surface area contributed by atoms with Crippen LogP contribution >= 0.6 is 15.9 Å². The summed E-state index contributed by atoms with van der Waals surface area (Å²) < 4.78 is 19.4. The van der Waals surface area contributed by atoms with E-state index in [2.05, 4.69) is 21.2 Å². The van der Waals surface area contributed by atoms with Gasteiger partial charge in [-0.3, -0.25) is 9.59 Å². The number of hydrogen-bond donors (Lipinski definition) is 1. The summed E-state index contributed by atoms with van der Waals surface area (Å²) in [5, 5.41) is 2.67. The summed E-state index contributed by atoms with van der Waals surface area (Å²) in [6.07, 6.45) is 1.43. The molecule has 3 rings (SSSR count). The Balaban J connectivity index is 1.55. The van der Waals surface area contributed by atoms with Gasteiger partial charge in [-0.05, 0) is 48.9 Å². The van der Waals surface area contributed by atoms with Crippen LogP contribution in [0.15, 0.2) is 46.9 Å². The van der Waals surface area contributed by atoms with Gasteiger partial charge >= 0.3 is 0 Å². The third-order valence-electron chi connectivity index (χ3n) is 3.79. The number of nitrogens with one attached hydrogen (secondary N) is 1. The highest BCUT2D eigenvalue weighted by atomic mass is 79.9. The van der Waals surface area contributed by atoms with Crippen LogP contribution in [0.25, 0.3) is 0 Å². The Morgan fingerprint density at radius 1 is 1.24 bits per heavy atom. The monoisotopic (exact) mass is 406 g/mol. The van der Waals surface area contributed by atoms with Crippen LogP contribution in [0.3, 0.4) is 0 Å².